The zero-order valence-corrected chi connectivity index (χ0v) is 12.4. The van der Waals surface area contributed by atoms with Crippen LogP contribution in [0.15, 0.2) is 48.7 Å². The van der Waals surface area contributed by atoms with E-state index in [-0.39, 0.29) is 5.56 Å². The molecule has 0 aliphatic heterocycles. The van der Waals surface area contributed by atoms with Crippen LogP contribution in [0.3, 0.4) is 0 Å². The fourth-order valence-electron chi connectivity index (χ4n) is 2.65. The molecule has 1 heterocycles. The lowest BCUT2D eigenvalue weighted by molar-refractivity contribution is 0.0698. The average molecular weight is 292 g/mol. The first kappa shape index (κ1) is 14.1. The number of anilines is 2. The highest BCUT2D eigenvalue weighted by Gasteiger charge is 2.11. The third-order valence-corrected chi connectivity index (χ3v) is 3.61. The van der Waals surface area contributed by atoms with Gasteiger partial charge in [0.15, 0.2) is 0 Å². The van der Waals surface area contributed by atoms with Crippen molar-refractivity contribution in [3.8, 4) is 0 Å². The van der Waals surface area contributed by atoms with Crippen molar-refractivity contribution in [2.45, 2.75) is 13.8 Å². The van der Waals surface area contributed by atoms with E-state index in [9.17, 15) is 9.90 Å². The van der Waals surface area contributed by atoms with Gasteiger partial charge in [-0.05, 0) is 43.7 Å². The molecule has 3 aromatic rings. The molecule has 0 saturated carbocycles. The molecule has 0 aliphatic rings. The first-order valence-electron chi connectivity index (χ1n) is 7.01. The Bertz CT molecular complexity index is 872. The molecule has 2 N–H and O–H groups in total. The number of carboxylic acid groups (broad SMARTS) is 1. The molecular formula is C18H16N2O2. The topological polar surface area (TPSA) is 62.2 Å². The van der Waals surface area contributed by atoms with E-state index in [1.807, 2.05) is 26.0 Å². The van der Waals surface area contributed by atoms with E-state index in [1.165, 1.54) is 0 Å². The van der Waals surface area contributed by atoms with Crippen LogP contribution in [0.25, 0.3) is 10.9 Å². The van der Waals surface area contributed by atoms with Crippen LogP contribution in [0.2, 0.25) is 0 Å². The fraction of sp³-hybridized carbons (Fsp3) is 0.111. The van der Waals surface area contributed by atoms with Gasteiger partial charge in [-0.25, -0.2) is 4.79 Å². The molecule has 0 saturated heterocycles. The molecule has 0 radical (unpaired) electrons. The smallest absolute Gasteiger partial charge is 0.337 e. The van der Waals surface area contributed by atoms with E-state index in [1.54, 1.807) is 24.4 Å². The number of pyridine rings is 1. The number of para-hydroxylation sites is 1. The number of carbonyl (C=O) groups is 1. The number of fused-ring (bicyclic) bond motifs is 1. The second kappa shape index (κ2) is 5.48. The lowest BCUT2D eigenvalue weighted by atomic mass is 10.1. The second-order valence-electron chi connectivity index (χ2n) is 5.31. The fourth-order valence-corrected chi connectivity index (χ4v) is 2.65. The van der Waals surface area contributed by atoms with Crippen LogP contribution in [-0.4, -0.2) is 16.1 Å². The predicted molar refractivity (Wildman–Crippen MR) is 87.9 cm³/mol. The van der Waals surface area contributed by atoms with Crippen molar-refractivity contribution < 1.29 is 9.90 Å². The number of aromatic carboxylic acids is 1. The van der Waals surface area contributed by atoms with Crippen LogP contribution in [0.5, 0.6) is 0 Å². The lowest BCUT2D eigenvalue weighted by Gasteiger charge is -2.13. The summed E-state index contributed by atoms with van der Waals surface area (Å²) in [7, 11) is 0. The van der Waals surface area contributed by atoms with Crippen molar-refractivity contribution in [1.82, 2.24) is 4.98 Å². The number of nitrogens with one attached hydrogen (secondary N) is 1. The van der Waals surface area contributed by atoms with Crippen molar-refractivity contribution in [2.24, 2.45) is 0 Å². The maximum Gasteiger partial charge on any atom is 0.337 e. The number of aromatic nitrogens is 1. The van der Waals surface area contributed by atoms with Gasteiger partial charge in [0.05, 0.1) is 16.8 Å². The van der Waals surface area contributed by atoms with E-state index in [0.717, 1.165) is 27.7 Å². The average Bonchev–Trinajstić information content (AvgIpc) is 2.48. The monoisotopic (exact) mass is 292 g/mol. The van der Waals surface area contributed by atoms with Crippen LogP contribution in [0.1, 0.15) is 21.5 Å². The molecular weight excluding hydrogens is 276 g/mol. The zero-order chi connectivity index (χ0) is 15.7. The van der Waals surface area contributed by atoms with Crippen LogP contribution in [-0.2, 0) is 0 Å². The summed E-state index contributed by atoms with van der Waals surface area (Å²) in [5.74, 6) is -0.950. The van der Waals surface area contributed by atoms with Gasteiger partial charge in [-0.1, -0.05) is 23.8 Å². The Kier molecular flexibility index (Phi) is 3.51. The Balaban J connectivity index is 2.14. The van der Waals surface area contributed by atoms with E-state index < -0.39 is 5.97 Å². The molecule has 2 aromatic carbocycles. The van der Waals surface area contributed by atoms with Gasteiger partial charge in [0.1, 0.15) is 0 Å². The number of benzene rings is 2. The molecule has 110 valence electrons. The second-order valence-corrected chi connectivity index (χ2v) is 5.31. The summed E-state index contributed by atoms with van der Waals surface area (Å²) in [5, 5.41) is 13.5. The SMILES string of the molecule is Cc1cc(C)c2nccc(Nc3ccccc3C(=O)O)c2c1. The summed E-state index contributed by atoms with van der Waals surface area (Å²) >= 11 is 0. The lowest BCUT2D eigenvalue weighted by Crippen LogP contribution is -2.03. The molecule has 0 amide bonds. The van der Waals surface area contributed by atoms with Crippen LogP contribution < -0.4 is 5.32 Å². The summed E-state index contributed by atoms with van der Waals surface area (Å²) < 4.78 is 0. The zero-order valence-electron chi connectivity index (χ0n) is 12.4. The highest BCUT2D eigenvalue weighted by atomic mass is 16.4. The van der Waals surface area contributed by atoms with E-state index in [2.05, 4.69) is 22.4 Å². The minimum atomic E-state index is -0.950. The molecule has 0 unspecified atom stereocenters. The quantitative estimate of drug-likeness (QED) is 0.755. The Morgan fingerprint density at radius 3 is 2.64 bits per heavy atom. The van der Waals surface area contributed by atoms with Gasteiger partial charge in [-0.2, -0.15) is 0 Å². The highest BCUT2D eigenvalue weighted by Crippen LogP contribution is 2.29. The van der Waals surface area contributed by atoms with Gasteiger partial charge in [0.25, 0.3) is 0 Å². The molecule has 0 atom stereocenters. The van der Waals surface area contributed by atoms with Gasteiger partial charge in [-0.3, -0.25) is 4.98 Å². The maximum absolute atomic E-state index is 11.3. The highest BCUT2D eigenvalue weighted by molar-refractivity contribution is 5.99. The number of carboxylic acids is 1. The van der Waals surface area contributed by atoms with E-state index in [4.69, 9.17) is 0 Å². The third-order valence-electron chi connectivity index (χ3n) is 3.61. The molecule has 0 aliphatic carbocycles. The minimum Gasteiger partial charge on any atom is -0.478 e. The molecule has 4 nitrogen and oxygen atoms in total. The van der Waals surface area contributed by atoms with Gasteiger partial charge in [-0.15, -0.1) is 0 Å². The Morgan fingerprint density at radius 1 is 1.09 bits per heavy atom. The van der Waals surface area contributed by atoms with Crippen molar-refractivity contribution in [2.75, 3.05) is 5.32 Å². The molecule has 3 rings (SSSR count). The normalized spacial score (nSPS) is 10.6. The molecule has 0 spiro atoms. The third kappa shape index (κ3) is 2.51. The van der Waals surface area contributed by atoms with E-state index in [0.29, 0.717) is 5.69 Å². The Hall–Kier alpha value is -2.88. The molecule has 1 aromatic heterocycles. The first-order valence-corrected chi connectivity index (χ1v) is 7.01. The van der Waals surface area contributed by atoms with Crippen molar-refractivity contribution >= 4 is 28.2 Å². The van der Waals surface area contributed by atoms with Gasteiger partial charge in [0.2, 0.25) is 0 Å². The van der Waals surface area contributed by atoms with Gasteiger partial charge in [0, 0.05) is 17.3 Å². The number of rotatable bonds is 3. The molecule has 0 bridgehead atoms. The first-order chi connectivity index (χ1) is 10.6. The van der Waals surface area contributed by atoms with Crippen molar-refractivity contribution in [3.63, 3.8) is 0 Å². The van der Waals surface area contributed by atoms with Gasteiger partial charge >= 0.3 is 5.97 Å². The molecule has 22 heavy (non-hydrogen) atoms. The largest absolute Gasteiger partial charge is 0.478 e. The molecule has 0 fully saturated rings. The standard InChI is InChI=1S/C18H16N2O2/c1-11-9-12(2)17-14(10-11)16(7-8-19-17)20-15-6-4-3-5-13(15)18(21)22/h3-10H,1-2H3,(H,19,20)(H,21,22). The maximum atomic E-state index is 11.3. The van der Waals surface area contributed by atoms with Gasteiger partial charge < -0.3 is 10.4 Å². The summed E-state index contributed by atoms with van der Waals surface area (Å²) in [6, 6.07) is 12.9. The van der Waals surface area contributed by atoms with E-state index >= 15 is 0 Å². The number of hydrogen-bond acceptors (Lipinski definition) is 3. The number of hydrogen-bond donors (Lipinski definition) is 2. The van der Waals surface area contributed by atoms with Crippen LogP contribution in [0, 0.1) is 13.8 Å². The predicted octanol–water partition coefficient (Wildman–Crippen LogP) is 4.29. The Labute approximate surface area is 128 Å². The summed E-state index contributed by atoms with van der Waals surface area (Å²) in [4.78, 5) is 15.8. The van der Waals surface area contributed by atoms with Crippen LogP contribution >= 0.6 is 0 Å². The minimum absolute atomic E-state index is 0.247. The van der Waals surface area contributed by atoms with Crippen LogP contribution in [0.4, 0.5) is 11.4 Å². The summed E-state index contributed by atoms with van der Waals surface area (Å²) in [5.41, 5.74) is 4.84. The van der Waals surface area contributed by atoms with Crippen molar-refractivity contribution in [1.29, 1.82) is 0 Å². The number of nitrogens with zero attached hydrogens (tertiary/aromatic N) is 1. The number of aryl methyl sites for hydroxylation is 2. The van der Waals surface area contributed by atoms with Crippen molar-refractivity contribution in [3.05, 3.63) is 65.4 Å². The molecule has 4 heteroatoms. The summed E-state index contributed by atoms with van der Waals surface area (Å²) in [6.07, 6.45) is 1.73. The Morgan fingerprint density at radius 2 is 1.86 bits per heavy atom. The summed E-state index contributed by atoms with van der Waals surface area (Å²) in [6.45, 7) is 4.06.